The van der Waals surface area contributed by atoms with Crippen molar-refractivity contribution in [2.24, 2.45) is 0 Å². The molecule has 0 saturated carbocycles. The number of hydrogen-bond acceptors (Lipinski definition) is 5. The second-order valence-corrected chi connectivity index (χ2v) is 3.89. The van der Waals surface area contributed by atoms with Gasteiger partial charge in [-0.05, 0) is 25.0 Å². The molecule has 0 spiro atoms. The molecule has 0 amide bonds. The maximum Gasteiger partial charge on any atom is 0.328 e. The number of aromatic nitrogens is 1. The van der Waals surface area contributed by atoms with E-state index in [1.165, 1.54) is 7.11 Å². The van der Waals surface area contributed by atoms with Gasteiger partial charge in [0.05, 0.1) is 19.0 Å². The molecule has 0 radical (unpaired) electrons. The number of nitrogens with zero attached hydrogens (tertiary/aromatic N) is 3. The highest BCUT2D eigenvalue weighted by Gasteiger charge is 2.31. The first kappa shape index (κ1) is 11.4. The maximum absolute atomic E-state index is 11.6. The SMILES string of the molecule is COC(=O)C1CCCN1c1ccc(C#N)nc1. The topological polar surface area (TPSA) is 66.2 Å². The monoisotopic (exact) mass is 231 g/mol. The number of methoxy groups -OCH3 is 1. The van der Waals surface area contributed by atoms with Crippen molar-refractivity contribution in [2.45, 2.75) is 18.9 Å². The molecule has 2 rings (SSSR count). The lowest BCUT2D eigenvalue weighted by Gasteiger charge is -2.24. The summed E-state index contributed by atoms with van der Waals surface area (Å²) in [5, 5.41) is 8.67. The zero-order chi connectivity index (χ0) is 12.3. The van der Waals surface area contributed by atoms with Crippen molar-refractivity contribution in [3.63, 3.8) is 0 Å². The molecule has 1 unspecified atom stereocenters. The van der Waals surface area contributed by atoms with Crippen molar-refractivity contribution in [1.82, 2.24) is 4.98 Å². The van der Waals surface area contributed by atoms with Crippen molar-refractivity contribution in [3.05, 3.63) is 24.0 Å². The molecule has 17 heavy (non-hydrogen) atoms. The van der Waals surface area contributed by atoms with Crippen LogP contribution in [0.15, 0.2) is 18.3 Å². The minimum absolute atomic E-state index is 0.216. The standard InChI is InChI=1S/C12H13N3O2/c1-17-12(16)11-3-2-6-15(11)10-5-4-9(7-13)14-8-10/h4-5,8,11H,2-3,6H2,1H3. The first-order valence-electron chi connectivity index (χ1n) is 5.47. The van der Waals surface area contributed by atoms with E-state index in [2.05, 4.69) is 4.98 Å². The van der Waals surface area contributed by atoms with E-state index in [1.807, 2.05) is 17.0 Å². The number of esters is 1. The summed E-state index contributed by atoms with van der Waals surface area (Å²) in [6.45, 7) is 0.813. The number of carbonyl (C=O) groups is 1. The van der Waals surface area contributed by atoms with Gasteiger partial charge in [-0.25, -0.2) is 9.78 Å². The second kappa shape index (κ2) is 4.83. The molecule has 0 aliphatic carbocycles. The number of nitriles is 1. The van der Waals surface area contributed by atoms with E-state index < -0.39 is 0 Å². The molecule has 0 N–H and O–H groups in total. The summed E-state index contributed by atoms with van der Waals surface area (Å²) in [7, 11) is 1.40. The molecular formula is C12H13N3O2. The van der Waals surface area contributed by atoms with E-state index in [9.17, 15) is 4.79 Å². The van der Waals surface area contributed by atoms with Crippen LogP contribution in [0.3, 0.4) is 0 Å². The van der Waals surface area contributed by atoms with Crippen molar-refractivity contribution < 1.29 is 9.53 Å². The molecule has 1 aliphatic rings. The lowest BCUT2D eigenvalue weighted by molar-refractivity contribution is -0.141. The third-order valence-corrected chi connectivity index (χ3v) is 2.92. The zero-order valence-corrected chi connectivity index (χ0v) is 9.59. The fourth-order valence-electron chi connectivity index (χ4n) is 2.08. The van der Waals surface area contributed by atoms with E-state index in [1.54, 1.807) is 12.3 Å². The Morgan fingerprint density at radius 3 is 3.06 bits per heavy atom. The fourth-order valence-corrected chi connectivity index (χ4v) is 2.08. The molecule has 1 saturated heterocycles. The van der Waals surface area contributed by atoms with Gasteiger partial charge < -0.3 is 9.64 Å². The molecule has 1 atom stereocenters. The smallest absolute Gasteiger partial charge is 0.328 e. The van der Waals surface area contributed by atoms with Gasteiger partial charge in [0.15, 0.2) is 0 Å². The van der Waals surface area contributed by atoms with Crippen LogP contribution in [-0.4, -0.2) is 30.6 Å². The molecule has 2 heterocycles. The highest BCUT2D eigenvalue weighted by Crippen LogP contribution is 2.25. The lowest BCUT2D eigenvalue weighted by Crippen LogP contribution is -2.36. The van der Waals surface area contributed by atoms with Crippen molar-refractivity contribution in [3.8, 4) is 6.07 Å². The van der Waals surface area contributed by atoms with Gasteiger partial charge in [0, 0.05) is 6.54 Å². The molecule has 88 valence electrons. The van der Waals surface area contributed by atoms with E-state index in [-0.39, 0.29) is 12.0 Å². The van der Waals surface area contributed by atoms with E-state index >= 15 is 0 Å². The Morgan fingerprint density at radius 2 is 2.47 bits per heavy atom. The molecule has 0 aromatic carbocycles. The quantitative estimate of drug-likeness (QED) is 0.713. The third kappa shape index (κ3) is 2.21. The van der Waals surface area contributed by atoms with Gasteiger partial charge >= 0.3 is 5.97 Å². The minimum atomic E-state index is -0.227. The normalized spacial score (nSPS) is 18.8. The summed E-state index contributed by atoms with van der Waals surface area (Å²) < 4.78 is 4.78. The van der Waals surface area contributed by atoms with Crippen LogP contribution in [0.5, 0.6) is 0 Å². The van der Waals surface area contributed by atoms with Crippen LogP contribution in [0, 0.1) is 11.3 Å². The average Bonchev–Trinajstić information content (AvgIpc) is 2.87. The van der Waals surface area contributed by atoms with Crippen molar-refractivity contribution in [2.75, 3.05) is 18.6 Å². The maximum atomic E-state index is 11.6. The van der Waals surface area contributed by atoms with E-state index in [4.69, 9.17) is 10.00 Å². The first-order valence-corrected chi connectivity index (χ1v) is 5.47. The number of pyridine rings is 1. The molecule has 1 aromatic rings. The number of ether oxygens (including phenoxy) is 1. The molecular weight excluding hydrogens is 218 g/mol. The summed E-state index contributed by atoms with van der Waals surface area (Å²) in [5.41, 5.74) is 1.24. The van der Waals surface area contributed by atoms with Gasteiger partial charge in [0.2, 0.25) is 0 Å². The first-order chi connectivity index (χ1) is 8.26. The van der Waals surface area contributed by atoms with E-state index in [0.717, 1.165) is 25.1 Å². The predicted octanol–water partition coefficient (Wildman–Crippen LogP) is 1.10. The van der Waals surface area contributed by atoms with Gasteiger partial charge in [-0.15, -0.1) is 0 Å². The van der Waals surface area contributed by atoms with E-state index in [0.29, 0.717) is 5.69 Å². The largest absolute Gasteiger partial charge is 0.467 e. The summed E-state index contributed by atoms with van der Waals surface area (Å²) >= 11 is 0. The third-order valence-electron chi connectivity index (χ3n) is 2.92. The van der Waals surface area contributed by atoms with Crippen LogP contribution < -0.4 is 4.90 Å². The van der Waals surface area contributed by atoms with Gasteiger partial charge in [-0.2, -0.15) is 5.26 Å². The highest BCUT2D eigenvalue weighted by atomic mass is 16.5. The Bertz CT molecular complexity index is 450. The average molecular weight is 231 g/mol. The molecule has 0 bridgehead atoms. The van der Waals surface area contributed by atoms with Crippen LogP contribution in [0.2, 0.25) is 0 Å². The Kier molecular flexibility index (Phi) is 3.24. The fraction of sp³-hybridized carbons (Fsp3) is 0.417. The summed E-state index contributed by atoms with van der Waals surface area (Å²) in [4.78, 5) is 17.6. The molecule has 1 aliphatic heterocycles. The van der Waals surface area contributed by atoms with Gasteiger partial charge in [-0.3, -0.25) is 0 Å². The van der Waals surface area contributed by atoms with Crippen molar-refractivity contribution >= 4 is 11.7 Å². The minimum Gasteiger partial charge on any atom is -0.467 e. The van der Waals surface area contributed by atoms with Crippen LogP contribution >= 0.6 is 0 Å². The number of anilines is 1. The van der Waals surface area contributed by atoms with Crippen molar-refractivity contribution in [1.29, 1.82) is 5.26 Å². The van der Waals surface area contributed by atoms with Gasteiger partial charge in [-0.1, -0.05) is 0 Å². The van der Waals surface area contributed by atoms with Crippen LogP contribution in [0.25, 0.3) is 0 Å². The number of hydrogen-bond donors (Lipinski definition) is 0. The lowest BCUT2D eigenvalue weighted by atomic mass is 10.2. The number of carbonyl (C=O) groups excluding carboxylic acids is 1. The van der Waals surface area contributed by atoms with Crippen LogP contribution in [0.1, 0.15) is 18.5 Å². The van der Waals surface area contributed by atoms with Gasteiger partial charge in [0.25, 0.3) is 0 Å². The molecule has 1 fully saturated rings. The molecule has 1 aromatic heterocycles. The highest BCUT2D eigenvalue weighted by molar-refractivity contribution is 5.80. The molecule has 5 heteroatoms. The zero-order valence-electron chi connectivity index (χ0n) is 9.59. The van der Waals surface area contributed by atoms with Gasteiger partial charge in [0.1, 0.15) is 17.8 Å². The van der Waals surface area contributed by atoms with Crippen LogP contribution in [-0.2, 0) is 9.53 Å². The second-order valence-electron chi connectivity index (χ2n) is 3.89. The Morgan fingerprint density at radius 1 is 1.65 bits per heavy atom. The Balaban J connectivity index is 2.20. The molecule has 5 nitrogen and oxygen atoms in total. The summed E-state index contributed by atoms with van der Waals surface area (Å²) in [6.07, 6.45) is 3.38. The summed E-state index contributed by atoms with van der Waals surface area (Å²) in [6, 6.07) is 5.21. The predicted molar refractivity (Wildman–Crippen MR) is 61.3 cm³/mol. The number of rotatable bonds is 2. The Hall–Kier alpha value is -2.09. The Labute approximate surface area is 99.6 Å². The van der Waals surface area contributed by atoms with Crippen LogP contribution in [0.4, 0.5) is 5.69 Å². The summed E-state index contributed by atoms with van der Waals surface area (Å²) in [5.74, 6) is -0.216.